The summed E-state index contributed by atoms with van der Waals surface area (Å²) in [6.07, 6.45) is 0. The molecule has 108 valence electrons. The van der Waals surface area contributed by atoms with E-state index in [0.29, 0.717) is 0 Å². The van der Waals surface area contributed by atoms with Gasteiger partial charge in [0.2, 0.25) is 0 Å². The van der Waals surface area contributed by atoms with Crippen LogP contribution in [0, 0.1) is 11.8 Å². The second kappa shape index (κ2) is 8.88. The number of aliphatic carboxylic acids is 2. The number of nitrogens with zero attached hydrogens (tertiary/aromatic N) is 1. The second-order valence-corrected chi connectivity index (χ2v) is 5.10. The fourth-order valence-corrected chi connectivity index (χ4v) is 1.39. The van der Waals surface area contributed by atoms with Crippen molar-refractivity contribution in [2.75, 3.05) is 14.1 Å². The molecule has 0 saturated carbocycles. The van der Waals surface area contributed by atoms with Crippen LogP contribution in [0.3, 0.4) is 0 Å². The highest BCUT2D eigenvalue weighted by atomic mass is 16.4. The third-order valence-electron chi connectivity index (χ3n) is 2.44. The third kappa shape index (κ3) is 8.03. The van der Waals surface area contributed by atoms with E-state index in [4.69, 9.17) is 15.9 Å². The van der Waals surface area contributed by atoms with Crippen LogP contribution < -0.4 is 5.73 Å². The lowest BCUT2D eigenvalue weighted by Gasteiger charge is -2.22. The van der Waals surface area contributed by atoms with Crippen molar-refractivity contribution in [2.45, 2.75) is 39.8 Å². The fraction of sp³-hybridized carbons (Fsp3) is 0.833. The zero-order chi connectivity index (χ0) is 15.0. The van der Waals surface area contributed by atoms with Gasteiger partial charge in [0, 0.05) is 0 Å². The summed E-state index contributed by atoms with van der Waals surface area (Å²) in [4.78, 5) is 22.3. The van der Waals surface area contributed by atoms with Crippen LogP contribution >= 0.6 is 0 Å². The summed E-state index contributed by atoms with van der Waals surface area (Å²) < 4.78 is 0. The lowest BCUT2D eigenvalue weighted by atomic mass is 10.0. The van der Waals surface area contributed by atoms with Gasteiger partial charge in [-0.05, 0) is 25.9 Å². The first kappa shape index (κ1) is 19.2. The van der Waals surface area contributed by atoms with Crippen molar-refractivity contribution >= 4 is 11.9 Å². The molecule has 0 aromatic heterocycles. The molecule has 6 nitrogen and oxygen atoms in total. The Morgan fingerprint density at radius 2 is 1.33 bits per heavy atom. The topological polar surface area (TPSA) is 104 Å². The smallest absolute Gasteiger partial charge is 0.321 e. The number of hydrogen-bond donors (Lipinski definition) is 3. The number of hydrogen-bond acceptors (Lipinski definition) is 4. The van der Waals surface area contributed by atoms with E-state index < -0.39 is 18.0 Å². The van der Waals surface area contributed by atoms with Crippen LogP contribution in [0.5, 0.6) is 0 Å². The molecule has 4 N–H and O–H groups in total. The van der Waals surface area contributed by atoms with Gasteiger partial charge in [0.15, 0.2) is 0 Å². The van der Waals surface area contributed by atoms with Gasteiger partial charge in [0.1, 0.15) is 12.1 Å². The van der Waals surface area contributed by atoms with Gasteiger partial charge in [-0.25, -0.2) is 0 Å². The number of nitrogens with two attached hydrogens (primary N) is 1. The minimum Gasteiger partial charge on any atom is -0.480 e. The summed E-state index contributed by atoms with van der Waals surface area (Å²) in [6.45, 7) is 7.36. The number of carboxylic acid groups (broad SMARTS) is 2. The molecule has 0 bridgehead atoms. The Bertz CT molecular complexity index is 257. The normalized spacial score (nSPS) is 14.1. The summed E-state index contributed by atoms with van der Waals surface area (Å²) in [6, 6.07) is -1.07. The zero-order valence-electron chi connectivity index (χ0n) is 12.0. The van der Waals surface area contributed by atoms with Crippen LogP contribution in [-0.4, -0.2) is 53.2 Å². The van der Waals surface area contributed by atoms with E-state index in [1.165, 1.54) is 0 Å². The molecular formula is C12H26N2O4. The van der Waals surface area contributed by atoms with Crippen LogP contribution in [0.2, 0.25) is 0 Å². The van der Waals surface area contributed by atoms with Crippen molar-refractivity contribution in [3.8, 4) is 0 Å². The maximum atomic E-state index is 10.5. The van der Waals surface area contributed by atoms with Crippen molar-refractivity contribution in [2.24, 2.45) is 17.6 Å². The van der Waals surface area contributed by atoms with Crippen molar-refractivity contribution in [3.05, 3.63) is 0 Å². The molecular weight excluding hydrogens is 236 g/mol. The molecule has 0 fully saturated rings. The molecule has 0 heterocycles. The van der Waals surface area contributed by atoms with Crippen molar-refractivity contribution in [3.63, 3.8) is 0 Å². The number of likely N-dealkylation sites (N-methyl/N-ethyl adjacent to an activating group) is 1. The SMILES string of the molecule is CC(C)[C@@H](C(=O)O)N(C)C.CC(C)[C@H](N)C(=O)O. The summed E-state index contributed by atoms with van der Waals surface area (Å²) in [5, 5.41) is 16.9. The molecule has 0 aliphatic heterocycles. The van der Waals surface area contributed by atoms with E-state index in [0.717, 1.165) is 0 Å². The van der Waals surface area contributed by atoms with Crippen molar-refractivity contribution in [1.29, 1.82) is 0 Å². The summed E-state index contributed by atoms with van der Waals surface area (Å²) in [5.41, 5.74) is 5.16. The van der Waals surface area contributed by atoms with E-state index in [1.807, 2.05) is 13.8 Å². The van der Waals surface area contributed by atoms with Gasteiger partial charge >= 0.3 is 11.9 Å². The number of carbonyl (C=O) groups is 2. The highest BCUT2D eigenvalue weighted by Crippen LogP contribution is 2.06. The largest absolute Gasteiger partial charge is 0.480 e. The van der Waals surface area contributed by atoms with Crippen LogP contribution in [0.25, 0.3) is 0 Å². The van der Waals surface area contributed by atoms with Gasteiger partial charge in [-0.15, -0.1) is 0 Å². The molecule has 0 saturated heterocycles. The predicted molar refractivity (Wildman–Crippen MR) is 70.4 cm³/mol. The molecule has 0 aromatic rings. The van der Waals surface area contributed by atoms with Crippen molar-refractivity contribution < 1.29 is 19.8 Å². The molecule has 6 heteroatoms. The first-order chi connectivity index (χ1) is 8.02. The molecule has 0 amide bonds. The van der Waals surface area contributed by atoms with Gasteiger partial charge in [-0.1, -0.05) is 27.7 Å². The van der Waals surface area contributed by atoms with Gasteiger partial charge in [0.25, 0.3) is 0 Å². The minimum atomic E-state index is -0.931. The van der Waals surface area contributed by atoms with Crippen LogP contribution in [0.1, 0.15) is 27.7 Å². The first-order valence-corrected chi connectivity index (χ1v) is 5.89. The maximum absolute atomic E-state index is 10.5. The van der Waals surface area contributed by atoms with Gasteiger partial charge in [-0.2, -0.15) is 0 Å². The molecule has 0 spiro atoms. The standard InChI is InChI=1S/C7H15NO2.C5H11NO2/c1-5(2)6(7(9)10)8(3)4;1-3(2)4(6)5(7)8/h5-6H,1-4H3,(H,9,10);3-4H,6H2,1-2H3,(H,7,8)/t6-;4-/m00/s1. The molecule has 0 aliphatic carbocycles. The third-order valence-corrected chi connectivity index (χ3v) is 2.44. The summed E-state index contributed by atoms with van der Waals surface area (Å²) in [5.74, 6) is -1.50. The Kier molecular flexibility index (Phi) is 9.47. The van der Waals surface area contributed by atoms with Gasteiger partial charge in [0.05, 0.1) is 0 Å². The lowest BCUT2D eigenvalue weighted by Crippen LogP contribution is -2.39. The lowest BCUT2D eigenvalue weighted by molar-refractivity contribution is -0.144. The fourth-order valence-electron chi connectivity index (χ4n) is 1.39. The van der Waals surface area contributed by atoms with Gasteiger partial charge in [-0.3, -0.25) is 14.5 Å². The molecule has 0 aromatic carbocycles. The Morgan fingerprint density at radius 1 is 0.944 bits per heavy atom. The van der Waals surface area contributed by atoms with Gasteiger partial charge < -0.3 is 15.9 Å². The van der Waals surface area contributed by atoms with E-state index in [1.54, 1.807) is 32.8 Å². The monoisotopic (exact) mass is 262 g/mol. The van der Waals surface area contributed by atoms with Crippen LogP contribution in [0.15, 0.2) is 0 Å². The Labute approximate surface area is 109 Å². The molecule has 0 aliphatic rings. The summed E-state index contributed by atoms with van der Waals surface area (Å²) >= 11 is 0. The Balaban J connectivity index is 0. The highest BCUT2D eigenvalue weighted by molar-refractivity contribution is 5.73. The Hall–Kier alpha value is -1.14. The average Bonchev–Trinajstić information content (AvgIpc) is 2.14. The maximum Gasteiger partial charge on any atom is 0.321 e. The van der Waals surface area contributed by atoms with Crippen LogP contribution in [-0.2, 0) is 9.59 Å². The van der Waals surface area contributed by atoms with E-state index in [-0.39, 0.29) is 17.9 Å². The molecule has 0 unspecified atom stereocenters. The van der Waals surface area contributed by atoms with E-state index in [2.05, 4.69) is 0 Å². The molecule has 2 atom stereocenters. The summed E-state index contributed by atoms with van der Waals surface area (Å²) in [7, 11) is 3.55. The zero-order valence-corrected chi connectivity index (χ0v) is 12.0. The average molecular weight is 262 g/mol. The highest BCUT2D eigenvalue weighted by Gasteiger charge is 2.22. The van der Waals surface area contributed by atoms with Crippen LogP contribution in [0.4, 0.5) is 0 Å². The predicted octanol–water partition coefficient (Wildman–Crippen LogP) is 0.712. The van der Waals surface area contributed by atoms with E-state index in [9.17, 15) is 9.59 Å². The molecule has 0 radical (unpaired) electrons. The number of carboxylic acids is 2. The number of rotatable bonds is 5. The minimum absolute atomic E-state index is 0.0208. The molecule has 0 rings (SSSR count). The van der Waals surface area contributed by atoms with E-state index >= 15 is 0 Å². The second-order valence-electron chi connectivity index (χ2n) is 5.10. The Morgan fingerprint density at radius 3 is 1.33 bits per heavy atom. The van der Waals surface area contributed by atoms with Crippen molar-refractivity contribution in [1.82, 2.24) is 4.90 Å². The first-order valence-electron chi connectivity index (χ1n) is 5.89. The molecule has 18 heavy (non-hydrogen) atoms. The quantitative estimate of drug-likeness (QED) is 0.674.